The SMILES string of the molecule is Cc1ccccc1NC(=O)c1cc(F)ccc1O. The molecule has 0 unspecified atom stereocenters. The first kappa shape index (κ1) is 12.1. The Morgan fingerprint density at radius 2 is 1.94 bits per heavy atom. The average molecular weight is 245 g/mol. The van der Waals surface area contributed by atoms with Crippen LogP contribution in [0, 0.1) is 12.7 Å². The summed E-state index contributed by atoms with van der Waals surface area (Å²) in [6.45, 7) is 1.85. The van der Waals surface area contributed by atoms with Gasteiger partial charge in [-0.2, -0.15) is 0 Å². The molecule has 2 aromatic carbocycles. The normalized spacial score (nSPS) is 10.1. The number of rotatable bonds is 2. The number of nitrogens with one attached hydrogen (secondary N) is 1. The summed E-state index contributed by atoms with van der Waals surface area (Å²) in [6, 6.07) is 10.5. The maximum Gasteiger partial charge on any atom is 0.259 e. The number of carbonyl (C=O) groups is 1. The molecule has 3 nitrogen and oxygen atoms in total. The molecule has 0 saturated carbocycles. The van der Waals surface area contributed by atoms with Crippen molar-refractivity contribution < 1.29 is 14.3 Å². The molecule has 92 valence electrons. The van der Waals surface area contributed by atoms with E-state index >= 15 is 0 Å². The van der Waals surface area contributed by atoms with E-state index in [1.165, 1.54) is 0 Å². The third-order valence-electron chi connectivity index (χ3n) is 2.60. The van der Waals surface area contributed by atoms with Gasteiger partial charge in [0.1, 0.15) is 11.6 Å². The highest BCUT2D eigenvalue weighted by atomic mass is 19.1. The molecule has 0 radical (unpaired) electrons. The number of carbonyl (C=O) groups excluding carboxylic acids is 1. The summed E-state index contributed by atoms with van der Waals surface area (Å²) >= 11 is 0. The van der Waals surface area contributed by atoms with Crippen molar-refractivity contribution in [1.82, 2.24) is 0 Å². The van der Waals surface area contributed by atoms with Crippen molar-refractivity contribution in [3.63, 3.8) is 0 Å². The highest BCUT2D eigenvalue weighted by molar-refractivity contribution is 6.06. The van der Waals surface area contributed by atoms with Gasteiger partial charge in [-0.15, -0.1) is 0 Å². The lowest BCUT2D eigenvalue weighted by Crippen LogP contribution is -2.13. The van der Waals surface area contributed by atoms with Crippen LogP contribution in [0.3, 0.4) is 0 Å². The molecule has 0 spiro atoms. The van der Waals surface area contributed by atoms with E-state index in [1.807, 2.05) is 19.1 Å². The van der Waals surface area contributed by atoms with E-state index in [0.717, 1.165) is 23.8 Å². The summed E-state index contributed by atoms with van der Waals surface area (Å²) in [5.41, 5.74) is 1.44. The van der Waals surface area contributed by atoms with Crippen molar-refractivity contribution in [3.8, 4) is 5.75 Å². The molecule has 1 amide bonds. The van der Waals surface area contributed by atoms with Crippen molar-refractivity contribution in [1.29, 1.82) is 0 Å². The van der Waals surface area contributed by atoms with Gasteiger partial charge in [0.15, 0.2) is 0 Å². The Kier molecular flexibility index (Phi) is 3.28. The number of benzene rings is 2. The maximum atomic E-state index is 13.0. The van der Waals surface area contributed by atoms with Gasteiger partial charge in [-0.05, 0) is 36.8 Å². The summed E-state index contributed by atoms with van der Waals surface area (Å²) < 4.78 is 13.0. The van der Waals surface area contributed by atoms with Crippen molar-refractivity contribution in [3.05, 3.63) is 59.4 Å². The van der Waals surface area contributed by atoms with Gasteiger partial charge >= 0.3 is 0 Å². The van der Waals surface area contributed by atoms with Gasteiger partial charge in [0.05, 0.1) is 5.56 Å². The molecule has 0 atom stereocenters. The van der Waals surface area contributed by atoms with E-state index in [-0.39, 0.29) is 11.3 Å². The van der Waals surface area contributed by atoms with Gasteiger partial charge < -0.3 is 10.4 Å². The second kappa shape index (κ2) is 4.87. The Balaban J connectivity index is 2.28. The standard InChI is InChI=1S/C14H12FNO2/c1-9-4-2-3-5-12(9)16-14(18)11-8-10(15)6-7-13(11)17/h2-8,17H,1H3,(H,16,18). The number of hydrogen-bond acceptors (Lipinski definition) is 2. The first-order valence-electron chi connectivity index (χ1n) is 5.43. The Bertz CT molecular complexity index is 596. The van der Waals surface area contributed by atoms with Gasteiger partial charge in [-0.1, -0.05) is 18.2 Å². The molecule has 0 heterocycles. The number of amides is 1. The number of para-hydroxylation sites is 1. The number of hydrogen-bond donors (Lipinski definition) is 2. The number of halogens is 1. The van der Waals surface area contributed by atoms with E-state index in [1.54, 1.807) is 12.1 Å². The third kappa shape index (κ3) is 2.48. The zero-order valence-corrected chi connectivity index (χ0v) is 9.77. The van der Waals surface area contributed by atoms with Crippen LogP contribution in [0.4, 0.5) is 10.1 Å². The molecular weight excluding hydrogens is 233 g/mol. The minimum atomic E-state index is -0.567. The van der Waals surface area contributed by atoms with Gasteiger partial charge in [0, 0.05) is 5.69 Å². The minimum Gasteiger partial charge on any atom is -0.507 e. The van der Waals surface area contributed by atoms with Crippen molar-refractivity contribution in [2.75, 3.05) is 5.32 Å². The Labute approximate surface area is 104 Å². The summed E-state index contributed by atoms with van der Waals surface area (Å²) in [7, 11) is 0. The molecule has 18 heavy (non-hydrogen) atoms. The summed E-state index contributed by atoms with van der Waals surface area (Å²) in [4.78, 5) is 11.9. The quantitative estimate of drug-likeness (QED) is 0.854. The Morgan fingerprint density at radius 3 is 2.67 bits per heavy atom. The van der Waals surface area contributed by atoms with Gasteiger partial charge in [-0.25, -0.2) is 4.39 Å². The highest BCUT2D eigenvalue weighted by Crippen LogP contribution is 2.20. The van der Waals surface area contributed by atoms with E-state index in [9.17, 15) is 14.3 Å². The van der Waals surface area contributed by atoms with Crippen LogP contribution in [0.1, 0.15) is 15.9 Å². The van der Waals surface area contributed by atoms with Crippen LogP contribution < -0.4 is 5.32 Å². The maximum absolute atomic E-state index is 13.0. The highest BCUT2D eigenvalue weighted by Gasteiger charge is 2.13. The monoisotopic (exact) mass is 245 g/mol. The topological polar surface area (TPSA) is 49.3 Å². The van der Waals surface area contributed by atoms with Crippen molar-refractivity contribution in [2.45, 2.75) is 6.92 Å². The smallest absolute Gasteiger partial charge is 0.259 e. The lowest BCUT2D eigenvalue weighted by atomic mass is 10.1. The molecule has 0 aliphatic rings. The van der Waals surface area contributed by atoms with E-state index < -0.39 is 11.7 Å². The van der Waals surface area contributed by atoms with Gasteiger partial charge in [-0.3, -0.25) is 4.79 Å². The summed E-state index contributed by atoms with van der Waals surface area (Å²) in [6.07, 6.45) is 0. The van der Waals surface area contributed by atoms with Crippen molar-refractivity contribution >= 4 is 11.6 Å². The second-order valence-electron chi connectivity index (χ2n) is 3.93. The van der Waals surface area contributed by atoms with E-state index in [4.69, 9.17) is 0 Å². The molecule has 2 N–H and O–H groups in total. The predicted molar refractivity (Wildman–Crippen MR) is 67.2 cm³/mol. The number of anilines is 1. The number of aryl methyl sites for hydroxylation is 1. The van der Waals surface area contributed by atoms with Gasteiger partial charge in [0.2, 0.25) is 0 Å². The zero-order chi connectivity index (χ0) is 13.1. The van der Waals surface area contributed by atoms with Crippen molar-refractivity contribution in [2.24, 2.45) is 0 Å². The molecular formula is C14H12FNO2. The number of aromatic hydroxyl groups is 1. The molecule has 2 aromatic rings. The minimum absolute atomic E-state index is 0.0850. The third-order valence-corrected chi connectivity index (χ3v) is 2.60. The zero-order valence-electron chi connectivity index (χ0n) is 9.77. The van der Waals surface area contributed by atoms with Crippen LogP contribution in [-0.2, 0) is 0 Å². The summed E-state index contributed by atoms with van der Waals surface area (Å²) in [5.74, 6) is -1.36. The van der Waals surface area contributed by atoms with Crippen LogP contribution in [0.25, 0.3) is 0 Å². The van der Waals surface area contributed by atoms with Crippen LogP contribution in [0.5, 0.6) is 5.75 Å². The molecule has 0 bridgehead atoms. The lowest BCUT2D eigenvalue weighted by Gasteiger charge is -2.09. The average Bonchev–Trinajstić information content (AvgIpc) is 2.35. The molecule has 0 fully saturated rings. The van der Waals surface area contributed by atoms with Crippen LogP contribution in [0.2, 0.25) is 0 Å². The Hall–Kier alpha value is -2.36. The number of phenolic OH excluding ortho intramolecular Hbond substituents is 1. The van der Waals surface area contributed by atoms with Crippen LogP contribution in [-0.4, -0.2) is 11.0 Å². The molecule has 2 rings (SSSR count). The molecule has 4 heteroatoms. The first-order chi connectivity index (χ1) is 8.58. The van der Waals surface area contributed by atoms with Crippen LogP contribution in [0.15, 0.2) is 42.5 Å². The molecule has 0 aliphatic carbocycles. The summed E-state index contributed by atoms with van der Waals surface area (Å²) in [5, 5.41) is 12.2. The Morgan fingerprint density at radius 1 is 1.22 bits per heavy atom. The molecule has 0 aliphatic heterocycles. The first-order valence-corrected chi connectivity index (χ1v) is 5.43. The fourth-order valence-corrected chi connectivity index (χ4v) is 1.59. The fourth-order valence-electron chi connectivity index (χ4n) is 1.59. The number of phenols is 1. The largest absolute Gasteiger partial charge is 0.507 e. The van der Waals surface area contributed by atoms with Gasteiger partial charge in [0.25, 0.3) is 5.91 Å². The molecule has 0 saturated heterocycles. The lowest BCUT2D eigenvalue weighted by molar-refractivity contribution is 0.102. The van der Waals surface area contributed by atoms with Crippen LogP contribution >= 0.6 is 0 Å². The van der Waals surface area contributed by atoms with E-state index in [2.05, 4.69) is 5.32 Å². The predicted octanol–water partition coefficient (Wildman–Crippen LogP) is 3.09. The van der Waals surface area contributed by atoms with E-state index in [0.29, 0.717) is 5.69 Å². The fraction of sp³-hybridized carbons (Fsp3) is 0.0714. The molecule has 0 aromatic heterocycles. The second-order valence-corrected chi connectivity index (χ2v) is 3.93.